The van der Waals surface area contributed by atoms with Gasteiger partial charge in [0.05, 0.1) is 5.75 Å². The highest BCUT2D eigenvalue weighted by atomic mass is 32.2. The molecule has 0 atom stereocenters. The van der Waals surface area contributed by atoms with E-state index in [4.69, 9.17) is 9.52 Å². The van der Waals surface area contributed by atoms with E-state index in [1.54, 1.807) is 6.92 Å². The lowest BCUT2D eigenvalue weighted by molar-refractivity contribution is 0.0659. The van der Waals surface area contributed by atoms with Crippen molar-refractivity contribution < 1.29 is 22.7 Å². The van der Waals surface area contributed by atoms with Crippen molar-refractivity contribution in [3.8, 4) is 0 Å². The van der Waals surface area contributed by atoms with Crippen molar-refractivity contribution in [1.82, 2.24) is 0 Å². The number of unbranched alkanes of at least 4 members (excludes halogenated alkanes) is 2. The van der Waals surface area contributed by atoms with E-state index in [0.717, 1.165) is 12.8 Å². The van der Waals surface area contributed by atoms with Crippen LogP contribution >= 0.6 is 0 Å². The van der Waals surface area contributed by atoms with E-state index < -0.39 is 15.8 Å². The van der Waals surface area contributed by atoms with Crippen LogP contribution in [0.15, 0.2) is 10.5 Å². The number of hydrogen-bond acceptors (Lipinski definition) is 4. The van der Waals surface area contributed by atoms with Gasteiger partial charge in [-0.1, -0.05) is 19.8 Å². The van der Waals surface area contributed by atoms with Crippen LogP contribution in [0, 0.1) is 6.92 Å². The van der Waals surface area contributed by atoms with Gasteiger partial charge >= 0.3 is 5.97 Å². The van der Waals surface area contributed by atoms with Crippen LogP contribution in [-0.2, 0) is 15.6 Å². The van der Waals surface area contributed by atoms with Gasteiger partial charge in [-0.3, -0.25) is 0 Å². The first-order valence-electron chi connectivity index (χ1n) is 5.88. The van der Waals surface area contributed by atoms with E-state index in [-0.39, 0.29) is 23.0 Å². The van der Waals surface area contributed by atoms with Crippen molar-refractivity contribution in [2.75, 3.05) is 5.75 Å². The Kier molecular flexibility index (Phi) is 4.95. The van der Waals surface area contributed by atoms with Gasteiger partial charge in [0, 0.05) is 5.56 Å². The van der Waals surface area contributed by atoms with Crippen LogP contribution in [0.5, 0.6) is 0 Å². The van der Waals surface area contributed by atoms with Crippen LogP contribution in [0.25, 0.3) is 0 Å². The lowest BCUT2D eigenvalue weighted by atomic mass is 10.3. The quantitative estimate of drug-likeness (QED) is 0.772. The molecule has 1 aromatic heterocycles. The van der Waals surface area contributed by atoms with Gasteiger partial charge < -0.3 is 9.52 Å². The molecule has 0 bridgehead atoms. The standard InChI is InChI=1S/C12H18O5S/c1-3-4-5-6-18(15,16)8-10-7-9(2)11(17-10)12(13)14/h7H,3-6,8H2,1-2H3,(H,13,14). The number of aryl methyl sites for hydroxylation is 1. The molecule has 1 rings (SSSR count). The molecular formula is C12H18O5S. The molecule has 0 aliphatic heterocycles. The highest BCUT2D eigenvalue weighted by Crippen LogP contribution is 2.17. The molecule has 0 spiro atoms. The third kappa shape index (κ3) is 4.18. The molecule has 0 fully saturated rings. The van der Waals surface area contributed by atoms with Crippen molar-refractivity contribution in [2.45, 2.75) is 38.9 Å². The minimum Gasteiger partial charge on any atom is -0.475 e. The maximum Gasteiger partial charge on any atom is 0.372 e. The lowest BCUT2D eigenvalue weighted by Gasteiger charge is -2.01. The first kappa shape index (κ1) is 14.8. The molecule has 0 amide bonds. The maximum atomic E-state index is 11.8. The van der Waals surface area contributed by atoms with Gasteiger partial charge in [0.25, 0.3) is 0 Å². The zero-order chi connectivity index (χ0) is 13.8. The first-order chi connectivity index (χ1) is 8.35. The Morgan fingerprint density at radius 1 is 1.39 bits per heavy atom. The van der Waals surface area contributed by atoms with Gasteiger partial charge in [0.1, 0.15) is 11.5 Å². The van der Waals surface area contributed by atoms with E-state index in [0.29, 0.717) is 12.0 Å². The number of carboxylic acid groups (broad SMARTS) is 1. The van der Waals surface area contributed by atoms with Gasteiger partial charge in [-0.2, -0.15) is 0 Å². The summed E-state index contributed by atoms with van der Waals surface area (Å²) in [6, 6.07) is 1.47. The number of sulfone groups is 1. The number of rotatable bonds is 7. The fourth-order valence-electron chi connectivity index (χ4n) is 1.69. The smallest absolute Gasteiger partial charge is 0.372 e. The number of carboxylic acids is 1. The molecule has 1 heterocycles. The van der Waals surface area contributed by atoms with Gasteiger partial charge in [0.2, 0.25) is 5.76 Å². The van der Waals surface area contributed by atoms with Crippen LogP contribution in [-0.4, -0.2) is 25.2 Å². The number of furan rings is 1. The fourth-order valence-corrected chi connectivity index (χ4v) is 3.06. The zero-order valence-electron chi connectivity index (χ0n) is 10.6. The average molecular weight is 274 g/mol. The fraction of sp³-hybridized carbons (Fsp3) is 0.583. The predicted octanol–water partition coefficient (Wildman–Crippen LogP) is 2.39. The largest absolute Gasteiger partial charge is 0.475 e. The normalized spacial score (nSPS) is 11.7. The molecule has 1 aromatic rings. The van der Waals surface area contributed by atoms with Crippen molar-refractivity contribution in [2.24, 2.45) is 0 Å². The second-order valence-corrected chi connectivity index (χ2v) is 6.51. The molecule has 6 heteroatoms. The molecule has 0 radical (unpaired) electrons. The molecule has 102 valence electrons. The SMILES string of the molecule is CCCCCS(=O)(=O)Cc1cc(C)c(C(=O)O)o1. The van der Waals surface area contributed by atoms with E-state index in [9.17, 15) is 13.2 Å². The van der Waals surface area contributed by atoms with Gasteiger partial charge in [-0.05, 0) is 19.4 Å². The molecular weight excluding hydrogens is 256 g/mol. The van der Waals surface area contributed by atoms with Crippen molar-refractivity contribution >= 4 is 15.8 Å². The first-order valence-corrected chi connectivity index (χ1v) is 7.71. The zero-order valence-corrected chi connectivity index (χ0v) is 11.4. The molecule has 0 unspecified atom stereocenters. The summed E-state index contributed by atoms with van der Waals surface area (Å²) in [5.74, 6) is -1.29. The molecule has 0 aliphatic carbocycles. The lowest BCUT2D eigenvalue weighted by Crippen LogP contribution is -2.08. The van der Waals surface area contributed by atoms with Gasteiger partial charge in [-0.15, -0.1) is 0 Å². The van der Waals surface area contributed by atoms with Crippen molar-refractivity contribution in [3.05, 3.63) is 23.2 Å². The van der Waals surface area contributed by atoms with Crippen LogP contribution in [0.2, 0.25) is 0 Å². The molecule has 18 heavy (non-hydrogen) atoms. The highest BCUT2D eigenvalue weighted by molar-refractivity contribution is 7.90. The minimum absolute atomic E-state index is 0.114. The van der Waals surface area contributed by atoms with Crippen LogP contribution in [0.1, 0.15) is 48.1 Å². The molecule has 0 saturated heterocycles. The van der Waals surface area contributed by atoms with E-state index in [1.807, 2.05) is 6.92 Å². The molecule has 1 N–H and O–H groups in total. The van der Waals surface area contributed by atoms with Crippen molar-refractivity contribution in [3.63, 3.8) is 0 Å². The van der Waals surface area contributed by atoms with E-state index >= 15 is 0 Å². The Morgan fingerprint density at radius 3 is 2.56 bits per heavy atom. The summed E-state index contributed by atoms with van der Waals surface area (Å²) < 4.78 is 28.6. The van der Waals surface area contributed by atoms with Crippen LogP contribution in [0.3, 0.4) is 0 Å². The molecule has 0 aromatic carbocycles. The summed E-state index contributed by atoms with van der Waals surface area (Å²) in [5.41, 5.74) is 0.446. The number of carbonyl (C=O) groups is 1. The Morgan fingerprint density at radius 2 is 2.06 bits per heavy atom. The summed E-state index contributed by atoms with van der Waals surface area (Å²) in [7, 11) is -3.22. The summed E-state index contributed by atoms with van der Waals surface area (Å²) in [5, 5.41) is 8.81. The van der Waals surface area contributed by atoms with E-state index in [1.165, 1.54) is 6.07 Å². The van der Waals surface area contributed by atoms with Gasteiger partial charge in [0.15, 0.2) is 9.84 Å². The summed E-state index contributed by atoms with van der Waals surface area (Å²) in [6.45, 7) is 3.59. The van der Waals surface area contributed by atoms with Crippen LogP contribution in [0.4, 0.5) is 0 Å². The highest BCUT2D eigenvalue weighted by Gasteiger charge is 2.19. The summed E-state index contributed by atoms with van der Waals surface area (Å²) in [6.07, 6.45) is 2.46. The Hall–Kier alpha value is -1.30. The van der Waals surface area contributed by atoms with Crippen LogP contribution < -0.4 is 0 Å². The Labute approximate surface area is 107 Å². The minimum atomic E-state index is -3.22. The number of hydrogen-bond donors (Lipinski definition) is 1. The van der Waals surface area contributed by atoms with E-state index in [2.05, 4.69) is 0 Å². The Balaban J connectivity index is 2.72. The topological polar surface area (TPSA) is 84.6 Å². The Bertz CT molecular complexity index is 513. The average Bonchev–Trinajstić information content (AvgIpc) is 2.58. The summed E-state index contributed by atoms with van der Waals surface area (Å²) >= 11 is 0. The molecule has 5 nitrogen and oxygen atoms in total. The summed E-state index contributed by atoms with van der Waals surface area (Å²) in [4.78, 5) is 10.8. The second-order valence-electron chi connectivity index (χ2n) is 4.33. The van der Waals surface area contributed by atoms with Crippen molar-refractivity contribution in [1.29, 1.82) is 0 Å². The van der Waals surface area contributed by atoms with Gasteiger partial charge in [-0.25, -0.2) is 13.2 Å². The molecule has 0 saturated carbocycles. The molecule has 0 aliphatic rings. The third-order valence-electron chi connectivity index (χ3n) is 2.58. The second kappa shape index (κ2) is 6.04. The monoisotopic (exact) mass is 274 g/mol. The predicted molar refractivity (Wildman–Crippen MR) is 67.4 cm³/mol. The third-order valence-corrected chi connectivity index (χ3v) is 4.22. The maximum absolute atomic E-state index is 11.8. The number of aromatic carboxylic acids is 1.